The molecular weight excluding hydrogens is 312 g/mol. The molecule has 0 bridgehead atoms. The number of fused-ring (bicyclic) bond motifs is 1. The van der Waals surface area contributed by atoms with Gasteiger partial charge in [0.15, 0.2) is 0 Å². The van der Waals surface area contributed by atoms with Gasteiger partial charge in [-0.05, 0) is 50.6 Å². The van der Waals surface area contributed by atoms with Crippen LogP contribution in [-0.2, 0) is 16.6 Å². The number of hydrogen-bond donors (Lipinski definition) is 0. The van der Waals surface area contributed by atoms with E-state index in [0.717, 1.165) is 17.0 Å². The summed E-state index contributed by atoms with van der Waals surface area (Å²) < 4.78 is 35.4. The van der Waals surface area contributed by atoms with Crippen molar-refractivity contribution in [2.75, 3.05) is 13.7 Å². The minimum atomic E-state index is -3.61. The first-order valence-corrected chi connectivity index (χ1v) is 9.13. The summed E-state index contributed by atoms with van der Waals surface area (Å²) in [5, 5.41) is 0. The number of aryl methyl sites for hydroxylation is 2. The normalized spacial score (nSPS) is 18.7. The molecule has 0 saturated carbocycles. The first-order chi connectivity index (χ1) is 10.9. The summed E-state index contributed by atoms with van der Waals surface area (Å²) in [6.07, 6.45) is 0. The van der Waals surface area contributed by atoms with Crippen molar-refractivity contribution in [3.63, 3.8) is 0 Å². The average Bonchev–Trinajstić information content (AvgIpc) is 2.90. The second kappa shape index (κ2) is 5.69. The van der Waals surface area contributed by atoms with Gasteiger partial charge >= 0.3 is 0 Å². The molecule has 2 heterocycles. The standard InChI is InChI=1S/C17H22N2O3S/c1-12-5-8-16(22-4)17(11-12)23(20,21)19-10-9-18-13(2)6-7-15(18)14(19)3/h5-8,11,14H,9-10H2,1-4H3/t14-/m0/s1. The predicted molar refractivity (Wildman–Crippen MR) is 89.2 cm³/mol. The van der Waals surface area contributed by atoms with E-state index < -0.39 is 10.0 Å². The molecule has 124 valence electrons. The van der Waals surface area contributed by atoms with Crippen LogP contribution in [0.15, 0.2) is 35.2 Å². The van der Waals surface area contributed by atoms with Crippen molar-refractivity contribution in [3.05, 3.63) is 47.3 Å². The van der Waals surface area contributed by atoms with E-state index in [-0.39, 0.29) is 10.9 Å². The van der Waals surface area contributed by atoms with Gasteiger partial charge < -0.3 is 9.30 Å². The van der Waals surface area contributed by atoms with Crippen molar-refractivity contribution in [1.29, 1.82) is 0 Å². The molecule has 1 aromatic carbocycles. The fraction of sp³-hybridized carbons (Fsp3) is 0.412. The van der Waals surface area contributed by atoms with Crippen molar-refractivity contribution in [2.45, 2.75) is 38.3 Å². The second-order valence-electron chi connectivity index (χ2n) is 6.00. The summed E-state index contributed by atoms with van der Waals surface area (Å²) in [5.74, 6) is 0.389. The van der Waals surface area contributed by atoms with Crippen LogP contribution in [0.2, 0.25) is 0 Å². The summed E-state index contributed by atoms with van der Waals surface area (Å²) in [4.78, 5) is 0.239. The monoisotopic (exact) mass is 334 g/mol. The van der Waals surface area contributed by atoms with E-state index in [9.17, 15) is 8.42 Å². The third-order valence-corrected chi connectivity index (χ3v) is 6.53. The Morgan fingerprint density at radius 1 is 1.13 bits per heavy atom. The number of sulfonamides is 1. The van der Waals surface area contributed by atoms with Gasteiger partial charge in [0.05, 0.1) is 13.2 Å². The van der Waals surface area contributed by atoms with Crippen LogP contribution < -0.4 is 4.74 Å². The van der Waals surface area contributed by atoms with E-state index in [2.05, 4.69) is 4.57 Å². The molecule has 1 aliphatic heterocycles. The molecule has 2 aromatic rings. The van der Waals surface area contributed by atoms with Crippen molar-refractivity contribution in [2.24, 2.45) is 0 Å². The minimum Gasteiger partial charge on any atom is -0.495 e. The third-order valence-electron chi connectivity index (χ3n) is 4.54. The lowest BCUT2D eigenvalue weighted by atomic mass is 10.2. The summed E-state index contributed by atoms with van der Waals surface area (Å²) >= 11 is 0. The van der Waals surface area contributed by atoms with Gasteiger partial charge in [0.1, 0.15) is 10.6 Å². The number of hydrogen-bond acceptors (Lipinski definition) is 3. The molecule has 1 aliphatic rings. The van der Waals surface area contributed by atoms with Gasteiger partial charge in [-0.25, -0.2) is 8.42 Å². The van der Waals surface area contributed by atoms with Gasteiger partial charge in [-0.2, -0.15) is 4.31 Å². The van der Waals surface area contributed by atoms with E-state index >= 15 is 0 Å². The molecule has 0 fully saturated rings. The van der Waals surface area contributed by atoms with Gasteiger partial charge in [0.2, 0.25) is 10.0 Å². The maximum Gasteiger partial charge on any atom is 0.247 e. The zero-order chi connectivity index (χ0) is 16.8. The smallest absolute Gasteiger partial charge is 0.247 e. The molecule has 0 radical (unpaired) electrons. The van der Waals surface area contributed by atoms with Gasteiger partial charge in [-0.3, -0.25) is 0 Å². The Bertz CT molecular complexity index is 840. The highest BCUT2D eigenvalue weighted by Gasteiger charge is 2.36. The Balaban J connectivity index is 2.06. The van der Waals surface area contributed by atoms with E-state index in [1.54, 1.807) is 16.4 Å². The quantitative estimate of drug-likeness (QED) is 0.867. The number of benzene rings is 1. The average molecular weight is 334 g/mol. The summed E-state index contributed by atoms with van der Waals surface area (Å²) in [6.45, 7) is 7.00. The first-order valence-electron chi connectivity index (χ1n) is 7.69. The maximum absolute atomic E-state index is 13.2. The van der Waals surface area contributed by atoms with Crippen LogP contribution in [0, 0.1) is 13.8 Å². The first kappa shape index (κ1) is 16.1. The Morgan fingerprint density at radius 3 is 2.57 bits per heavy atom. The van der Waals surface area contributed by atoms with E-state index in [4.69, 9.17) is 4.74 Å². The van der Waals surface area contributed by atoms with E-state index in [1.807, 2.05) is 39.0 Å². The van der Waals surface area contributed by atoms with Crippen molar-refractivity contribution in [3.8, 4) is 5.75 Å². The SMILES string of the molecule is COc1ccc(C)cc1S(=O)(=O)N1CCn2c(C)ccc2[C@@H]1C. The van der Waals surface area contributed by atoms with Crippen molar-refractivity contribution >= 4 is 10.0 Å². The fourth-order valence-electron chi connectivity index (χ4n) is 3.24. The Labute approximate surface area is 137 Å². The molecule has 0 N–H and O–H groups in total. The van der Waals surface area contributed by atoms with Crippen molar-refractivity contribution < 1.29 is 13.2 Å². The third kappa shape index (κ3) is 2.56. The van der Waals surface area contributed by atoms with Crippen LogP contribution in [0.3, 0.4) is 0 Å². The molecule has 0 spiro atoms. The van der Waals surface area contributed by atoms with Crippen LogP contribution in [0.1, 0.15) is 29.9 Å². The molecule has 23 heavy (non-hydrogen) atoms. The van der Waals surface area contributed by atoms with Crippen LogP contribution in [0.4, 0.5) is 0 Å². The predicted octanol–water partition coefficient (Wildman–Crippen LogP) is 2.88. The lowest BCUT2D eigenvalue weighted by Crippen LogP contribution is -2.41. The Hall–Kier alpha value is -1.79. The topological polar surface area (TPSA) is 51.5 Å². The number of methoxy groups -OCH3 is 1. The Kier molecular flexibility index (Phi) is 3.98. The largest absolute Gasteiger partial charge is 0.495 e. The highest BCUT2D eigenvalue weighted by atomic mass is 32.2. The van der Waals surface area contributed by atoms with Crippen LogP contribution >= 0.6 is 0 Å². The van der Waals surface area contributed by atoms with Crippen LogP contribution in [0.5, 0.6) is 5.75 Å². The molecule has 3 rings (SSSR count). The number of aromatic nitrogens is 1. The second-order valence-corrected chi connectivity index (χ2v) is 7.86. The molecule has 1 atom stereocenters. The molecule has 0 amide bonds. The number of nitrogens with zero attached hydrogens (tertiary/aromatic N) is 2. The zero-order valence-electron chi connectivity index (χ0n) is 13.9. The van der Waals surface area contributed by atoms with Crippen molar-refractivity contribution in [1.82, 2.24) is 8.87 Å². The molecule has 0 unspecified atom stereocenters. The van der Waals surface area contributed by atoms with Gasteiger partial charge in [-0.15, -0.1) is 0 Å². The van der Waals surface area contributed by atoms with Gasteiger partial charge in [-0.1, -0.05) is 6.07 Å². The summed E-state index contributed by atoms with van der Waals surface area (Å²) in [6, 6.07) is 9.09. The molecule has 6 heteroatoms. The molecule has 5 nitrogen and oxygen atoms in total. The molecule has 0 saturated heterocycles. The summed E-state index contributed by atoms with van der Waals surface area (Å²) in [5.41, 5.74) is 3.09. The Morgan fingerprint density at radius 2 is 1.87 bits per heavy atom. The number of rotatable bonds is 3. The van der Waals surface area contributed by atoms with Crippen LogP contribution in [-0.4, -0.2) is 30.9 Å². The van der Waals surface area contributed by atoms with Gasteiger partial charge in [0.25, 0.3) is 0 Å². The highest BCUT2D eigenvalue weighted by Crippen LogP contribution is 2.35. The van der Waals surface area contributed by atoms with Gasteiger partial charge in [0, 0.05) is 24.5 Å². The fourth-order valence-corrected chi connectivity index (χ4v) is 5.08. The van der Waals surface area contributed by atoms with Crippen LogP contribution in [0.25, 0.3) is 0 Å². The zero-order valence-corrected chi connectivity index (χ0v) is 14.7. The lowest BCUT2D eigenvalue weighted by Gasteiger charge is -2.34. The molecule has 0 aliphatic carbocycles. The molecule has 1 aromatic heterocycles. The number of ether oxygens (including phenoxy) is 1. The minimum absolute atomic E-state index is 0.201. The van der Waals surface area contributed by atoms with E-state index in [1.165, 1.54) is 7.11 Å². The highest BCUT2D eigenvalue weighted by molar-refractivity contribution is 7.89. The van der Waals surface area contributed by atoms with E-state index in [0.29, 0.717) is 18.8 Å². The molecular formula is C17H22N2O3S. The maximum atomic E-state index is 13.2. The lowest BCUT2D eigenvalue weighted by molar-refractivity contribution is 0.279. The summed E-state index contributed by atoms with van der Waals surface area (Å²) in [7, 11) is -2.12.